The molecule has 0 atom stereocenters. The van der Waals surface area contributed by atoms with Gasteiger partial charge in [0.25, 0.3) is 0 Å². The number of carbonyl (C=O) groups is 1. The van der Waals surface area contributed by atoms with Gasteiger partial charge in [-0.25, -0.2) is 0 Å². The maximum Gasteiger partial charge on any atom is 0.230 e. The summed E-state index contributed by atoms with van der Waals surface area (Å²) < 4.78 is 0. The van der Waals surface area contributed by atoms with Crippen molar-refractivity contribution in [2.24, 2.45) is 0 Å². The highest BCUT2D eigenvalue weighted by atomic mass is 32.2. The molecule has 2 aromatic carbocycles. The van der Waals surface area contributed by atoms with E-state index in [1.54, 1.807) is 11.8 Å². The molecule has 17 heavy (non-hydrogen) atoms. The summed E-state index contributed by atoms with van der Waals surface area (Å²) >= 11 is 1.57. The molecule has 1 N–H and O–H groups in total. The zero-order valence-corrected chi connectivity index (χ0v) is 10.6. The second-order valence-corrected chi connectivity index (χ2v) is 4.80. The Kier molecular flexibility index (Phi) is 4.04. The quantitative estimate of drug-likeness (QED) is 0.839. The molecule has 88 valence electrons. The van der Waals surface area contributed by atoms with Crippen LogP contribution in [0, 0.1) is 0 Å². The molecule has 0 spiro atoms. The van der Waals surface area contributed by atoms with Crippen molar-refractivity contribution < 1.29 is 4.79 Å². The van der Waals surface area contributed by atoms with Crippen molar-refractivity contribution in [1.29, 1.82) is 0 Å². The smallest absolute Gasteiger partial charge is 0.230 e. The molecular weight excluding hydrogens is 230 g/mol. The molecule has 1 amide bonds. The summed E-state index contributed by atoms with van der Waals surface area (Å²) in [6, 6.07) is 14.5. The lowest BCUT2D eigenvalue weighted by Gasteiger charge is -2.04. The van der Waals surface area contributed by atoms with Crippen LogP contribution in [0.5, 0.6) is 0 Å². The van der Waals surface area contributed by atoms with E-state index in [9.17, 15) is 4.79 Å². The number of nitrogens with one attached hydrogen (secondary N) is 1. The third-order valence-corrected chi connectivity index (χ3v) is 3.46. The fourth-order valence-electron chi connectivity index (χ4n) is 1.65. The van der Waals surface area contributed by atoms with Crippen LogP contribution in [0.15, 0.2) is 47.4 Å². The van der Waals surface area contributed by atoms with E-state index in [0.29, 0.717) is 12.3 Å². The Morgan fingerprint density at radius 3 is 2.71 bits per heavy atom. The number of amides is 1. The van der Waals surface area contributed by atoms with Crippen LogP contribution in [-0.4, -0.2) is 18.2 Å². The molecule has 2 nitrogen and oxygen atoms in total. The van der Waals surface area contributed by atoms with Gasteiger partial charge in [0.15, 0.2) is 0 Å². The maximum absolute atomic E-state index is 11.3. The molecule has 0 radical (unpaired) electrons. The highest BCUT2D eigenvalue weighted by Crippen LogP contribution is 2.23. The van der Waals surface area contributed by atoms with Crippen LogP contribution >= 0.6 is 11.8 Å². The molecule has 0 saturated carbocycles. The minimum Gasteiger partial charge on any atom is -0.356 e. The first-order valence-corrected chi connectivity index (χ1v) is 6.66. The summed E-state index contributed by atoms with van der Waals surface area (Å²) in [5.74, 6) is 0.567. The second-order valence-electron chi connectivity index (χ2n) is 3.75. The normalized spacial score (nSPS) is 10.4. The van der Waals surface area contributed by atoms with Gasteiger partial charge in [0.2, 0.25) is 5.91 Å². The average Bonchev–Trinajstić information content (AvgIpc) is 2.36. The van der Waals surface area contributed by atoms with Crippen molar-refractivity contribution in [3.63, 3.8) is 0 Å². The van der Waals surface area contributed by atoms with E-state index >= 15 is 0 Å². The molecule has 2 aromatic rings. The monoisotopic (exact) mass is 245 g/mol. The molecule has 0 fully saturated rings. The van der Waals surface area contributed by atoms with Gasteiger partial charge in [-0.3, -0.25) is 4.79 Å². The van der Waals surface area contributed by atoms with Gasteiger partial charge in [-0.1, -0.05) is 30.3 Å². The predicted octanol–water partition coefficient (Wildman–Crippen LogP) is 3.07. The van der Waals surface area contributed by atoms with Crippen LogP contribution in [0.4, 0.5) is 0 Å². The Morgan fingerprint density at radius 1 is 1.18 bits per heavy atom. The molecule has 0 bridgehead atoms. The van der Waals surface area contributed by atoms with Crippen molar-refractivity contribution in [2.75, 3.05) is 12.3 Å². The van der Waals surface area contributed by atoms with Gasteiger partial charge in [-0.05, 0) is 29.8 Å². The number of carbonyl (C=O) groups excluding carboxylic acids is 1. The van der Waals surface area contributed by atoms with Crippen LogP contribution in [0.2, 0.25) is 0 Å². The highest BCUT2D eigenvalue weighted by Gasteiger charge is 2.01. The Hall–Kier alpha value is -1.48. The predicted molar refractivity (Wildman–Crippen MR) is 73.4 cm³/mol. The van der Waals surface area contributed by atoms with Gasteiger partial charge in [0.05, 0.1) is 5.75 Å². The third kappa shape index (κ3) is 3.24. The van der Waals surface area contributed by atoms with Crippen molar-refractivity contribution >= 4 is 28.4 Å². The van der Waals surface area contributed by atoms with Gasteiger partial charge < -0.3 is 5.32 Å². The van der Waals surface area contributed by atoms with E-state index in [0.717, 1.165) is 4.90 Å². The minimum atomic E-state index is 0.0886. The van der Waals surface area contributed by atoms with E-state index in [-0.39, 0.29) is 5.91 Å². The fourth-order valence-corrected chi connectivity index (χ4v) is 2.43. The van der Waals surface area contributed by atoms with E-state index < -0.39 is 0 Å². The van der Waals surface area contributed by atoms with Crippen LogP contribution in [0.1, 0.15) is 6.92 Å². The molecule has 2 rings (SSSR count). The summed E-state index contributed by atoms with van der Waals surface area (Å²) in [6.07, 6.45) is 0. The highest BCUT2D eigenvalue weighted by molar-refractivity contribution is 8.00. The summed E-state index contributed by atoms with van der Waals surface area (Å²) in [6.45, 7) is 2.62. The third-order valence-electron chi connectivity index (χ3n) is 2.46. The number of thioether (sulfide) groups is 1. The van der Waals surface area contributed by atoms with E-state index in [4.69, 9.17) is 0 Å². The fraction of sp³-hybridized carbons (Fsp3) is 0.214. The summed E-state index contributed by atoms with van der Waals surface area (Å²) in [4.78, 5) is 12.5. The Labute approximate surface area is 105 Å². The lowest BCUT2D eigenvalue weighted by molar-refractivity contribution is -0.118. The maximum atomic E-state index is 11.3. The van der Waals surface area contributed by atoms with Crippen LogP contribution < -0.4 is 5.32 Å². The lowest BCUT2D eigenvalue weighted by Crippen LogP contribution is -2.24. The largest absolute Gasteiger partial charge is 0.356 e. The molecule has 3 heteroatoms. The molecule has 0 aromatic heterocycles. The average molecular weight is 245 g/mol. The summed E-state index contributed by atoms with van der Waals surface area (Å²) in [5, 5.41) is 5.24. The Balaban J connectivity index is 2.06. The van der Waals surface area contributed by atoms with Crippen molar-refractivity contribution in [3.8, 4) is 0 Å². The summed E-state index contributed by atoms with van der Waals surface area (Å²) in [5.41, 5.74) is 0. The first-order chi connectivity index (χ1) is 8.29. The molecule has 0 aliphatic carbocycles. The van der Waals surface area contributed by atoms with Gasteiger partial charge >= 0.3 is 0 Å². The van der Waals surface area contributed by atoms with Gasteiger partial charge in [0.1, 0.15) is 0 Å². The molecular formula is C14H15NOS. The van der Waals surface area contributed by atoms with Crippen LogP contribution in [0.3, 0.4) is 0 Å². The topological polar surface area (TPSA) is 29.1 Å². The number of benzene rings is 2. The minimum absolute atomic E-state index is 0.0886. The van der Waals surface area contributed by atoms with E-state index in [1.165, 1.54) is 10.8 Å². The first-order valence-electron chi connectivity index (χ1n) is 5.68. The molecule has 0 heterocycles. The number of hydrogen-bond donors (Lipinski definition) is 1. The zero-order valence-electron chi connectivity index (χ0n) is 9.77. The van der Waals surface area contributed by atoms with E-state index in [1.807, 2.05) is 19.1 Å². The summed E-state index contributed by atoms with van der Waals surface area (Å²) in [7, 11) is 0. The van der Waals surface area contributed by atoms with Crippen molar-refractivity contribution in [1.82, 2.24) is 5.32 Å². The SMILES string of the molecule is CCNC(=O)CSc1ccc2ccccc2c1. The van der Waals surface area contributed by atoms with Crippen LogP contribution in [-0.2, 0) is 4.79 Å². The number of fused-ring (bicyclic) bond motifs is 1. The van der Waals surface area contributed by atoms with Gasteiger partial charge in [-0.2, -0.15) is 0 Å². The molecule has 0 aliphatic rings. The number of rotatable bonds is 4. The van der Waals surface area contributed by atoms with Crippen molar-refractivity contribution in [2.45, 2.75) is 11.8 Å². The standard InChI is InChI=1S/C14H15NOS/c1-2-15-14(16)10-17-13-8-7-11-5-3-4-6-12(11)9-13/h3-9H,2,10H2,1H3,(H,15,16). The van der Waals surface area contributed by atoms with E-state index in [2.05, 4.69) is 35.6 Å². The van der Waals surface area contributed by atoms with Gasteiger partial charge in [-0.15, -0.1) is 11.8 Å². The molecule has 0 saturated heterocycles. The Bertz CT molecular complexity index is 524. The van der Waals surface area contributed by atoms with Crippen LogP contribution in [0.25, 0.3) is 10.8 Å². The zero-order chi connectivity index (χ0) is 12.1. The number of hydrogen-bond acceptors (Lipinski definition) is 2. The lowest BCUT2D eigenvalue weighted by atomic mass is 10.1. The Morgan fingerprint density at radius 2 is 1.94 bits per heavy atom. The molecule has 0 unspecified atom stereocenters. The first kappa shape index (κ1) is 12.0. The second kappa shape index (κ2) is 5.73. The van der Waals surface area contributed by atoms with Crippen molar-refractivity contribution in [3.05, 3.63) is 42.5 Å². The van der Waals surface area contributed by atoms with Gasteiger partial charge in [0, 0.05) is 11.4 Å². The molecule has 0 aliphatic heterocycles.